The molecule has 0 spiro atoms. The molecule has 0 aliphatic carbocycles. The fourth-order valence-corrected chi connectivity index (χ4v) is 3.19. The van der Waals surface area contributed by atoms with E-state index < -0.39 is 12.1 Å². The lowest BCUT2D eigenvalue weighted by Gasteiger charge is -2.24. The fraction of sp³-hybridized carbons (Fsp3) is 0.643. The maximum Gasteiger partial charge on any atom is 0.332 e. The van der Waals surface area contributed by atoms with Gasteiger partial charge in [-0.1, -0.05) is 19.9 Å². The Morgan fingerprint density at radius 3 is 2.95 bits per heavy atom. The first-order chi connectivity index (χ1) is 8.99. The summed E-state index contributed by atoms with van der Waals surface area (Å²) in [5.74, 6) is -0.846. The molecule has 0 aromatic carbocycles. The summed E-state index contributed by atoms with van der Waals surface area (Å²) in [5, 5.41) is 14.4. The van der Waals surface area contributed by atoms with Crippen molar-refractivity contribution in [1.29, 1.82) is 0 Å². The highest BCUT2D eigenvalue weighted by molar-refractivity contribution is 7.10. The summed E-state index contributed by atoms with van der Waals surface area (Å²) in [5.41, 5.74) is 0.0962. The second-order valence-corrected chi connectivity index (χ2v) is 6.60. The third kappa shape index (κ3) is 3.78. The first-order valence-corrected chi connectivity index (χ1v) is 7.50. The van der Waals surface area contributed by atoms with Crippen molar-refractivity contribution in [3.63, 3.8) is 0 Å². The Labute approximate surface area is 117 Å². The van der Waals surface area contributed by atoms with Gasteiger partial charge >= 0.3 is 5.97 Å². The Morgan fingerprint density at radius 2 is 2.37 bits per heavy atom. The topological polar surface area (TPSA) is 58.6 Å². The SMILES string of the molecule is CC(C)(CNCC1CCC(C(=O)O)O1)c1cccs1. The highest BCUT2D eigenvalue weighted by atomic mass is 32.1. The number of carboxylic acids is 1. The number of ether oxygens (including phenoxy) is 1. The maximum atomic E-state index is 10.8. The molecule has 0 radical (unpaired) electrons. The van der Waals surface area contributed by atoms with Crippen molar-refractivity contribution in [2.24, 2.45) is 0 Å². The zero-order valence-electron chi connectivity index (χ0n) is 11.4. The minimum atomic E-state index is -0.846. The summed E-state index contributed by atoms with van der Waals surface area (Å²) in [6.07, 6.45) is 0.858. The quantitative estimate of drug-likeness (QED) is 0.840. The Kier molecular flexibility index (Phi) is 4.60. The second-order valence-electron chi connectivity index (χ2n) is 5.65. The molecule has 0 bridgehead atoms. The standard InChI is InChI=1S/C14H21NO3S/c1-14(2,12-4-3-7-19-12)9-15-8-10-5-6-11(18-10)13(16)17/h3-4,7,10-11,15H,5-6,8-9H2,1-2H3,(H,16,17). The molecule has 0 amide bonds. The predicted octanol–water partition coefficient (Wildman–Crippen LogP) is 2.25. The molecule has 1 aliphatic heterocycles. The van der Waals surface area contributed by atoms with Crippen molar-refractivity contribution < 1.29 is 14.6 Å². The molecular formula is C14H21NO3S. The predicted molar refractivity (Wildman–Crippen MR) is 75.7 cm³/mol. The summed E-state index contributed by atoms with van der Waals surface area (Å²) in [6.45, 7) is 6.01. The maximum absolute atomic E-state index is 10.8. The highest BCUT2D eigenvalue weighted by Gasteiger charge is 2.30. The summed E-state index contributed by atoms with van der Waals surface area (Å²) in [7, 11) is 0. The Hall–Kier alpha value is -0.910. The first-order valence-electron chi connectivity index (χ1n) is 6.62. The van der Waals surface area contributed by atoms with E-state index in [1.807, 2.05) is 0 Å². The molecule has 19 heavy (non-hydrogen) atoms. The molecule has 2 heterocycles. The Bertz CT molecular complexity index is 416. The summed E-state index contributed by atoms with van der Waals surface area (Å²) in [6, 6.07) is 4.22. The van der Waals surface area contributed by atoms with Gasteiger partial charge in [-0.25, -0.2) is 4.79 Å². The van der Waals surface area contributed by atoms with Gasteiger partial charge in [0.05, 0.1) is 6.10 Å². The number of hydrogen-bond acceptors (Lipinski definition) is 4. The molecule has 5 heteroatoms. The van der Waals surface area contributed by atoms with E-state index in [2.05, 4.69) is 36.7 Å². The number of nitrogens with one attached hydrogen (secondary N) is 1. The van der Waals surface area contributed by atoms with Crippen molar-refractivity contribution in [2.45, 2.75) is 44.3 Å². The van der Waals surface area contributed by atoms with Crippen LogP contribution in [0.15, 0.2) is 17.5 Å². The van der Waals surface area contributed by atoms with E-state index in [1.165, 1.54) is 4.88 Å². The zero-order valence-corrected chi connectivity index (χ0v) is 12.2. The lowest BCUT2D eigenvalue weighted by atomic mass is 9.91. The molecule has 106 valence electrons. The molecule has 4 nitrogen and oxygen atoms in total. The van der Waals surface area contributed by atoms with Crippen LogP contribution in [0.2, 0.25) is 0 Å². The van der Waals surface area contributed by atoms with E-state index in [0.29, 0.717) is 6.42 Å². The van der Waals surface area contributed by atoms with Gasteiger partial charge in [0.1, 0.15) is 0 Å². The average Bonchev–Trinajstić information content (AvgIpc) is 3.00. The van der Waals surface area contributed by atoms with Crippen LogP contribution in [0.4, 0.5) is 0 Å². The van der Waals surface area contributed by atoms with Crippen LogP contribution in [0.1, 0.15) is 31.6 Å². The molecule has 1 aliphatic rings. The first kappa shape index (κ1) is 14.5. The van der Waals surface area contributed by atoms with Crippen LogP contribution in [0.3, 0.4) is 0 Å². The van der Waals surface area contributed by atoms with E-state index in [4.69, 9.17) is 9.84 Å². The van der Waals surface area contributed by atoms with Gasteiger partial charge in [-0.05, 0) is 24.3 Å². The summed E-state index contributed by atoms with van der Waals surface area (Å²) < 4.78 is 5.47. The molecule has 2 rings (SSSR count). The zero-order chi connectivity index (χ0) is 13.9. The van der Waals surface area contributed by atoms with Gasteiger partial charge in [0.25, 0.3) is 0 Å². The minimum absolute atomic E-state index is 0.0280. The van der Waals surface area contributed by atoms with Crippen LogP contribution in [0, 0.1) is 0 Å². The lowest BCUT2D eigenvalue weighted by molar-refractivity contribution is -0.149. The number of carbonyl (C=O) groups is 1. The second kappa shape index (κ2) is 6.03. The third-order valence-corrected chi connectivity index (χ3v) is 4.75. The van der Waals surface area contributed by atoms with Crippen LogP contribution >= 0.6 is 11.3 Å². The number of thiophene rings is 1. The van der Waals surface area contributed by atoms with Gasteiger partial charge in [-0.15, -0.1) is 11.3 Å². The summed E-state index contributed by atoms with van der Waals surface area (Å²) in [4.78, 5) is 12.1. The van der Waals surface area contributed by atoms with Gasteiger partial charge in [-0.2, -0.15) is 0 Å². The molecule has 1 aromatic heterocycles. The van der Waals surface area contributed by atoms with Crippen molar-refractivity contribution >= 4 is 17.3 Å². The van der Waals surface area contributed by atoms with Crippen LogP contribution in [0.25, 0.3) is 0 Å². The fourth-order valence-electron chi connectivity index (χ4n) is 2.33. The Morgan fingerprint density at radius 1 is 1.58 bits per heavy atom. The van der Waals surface area contributed by atoms with E-state index in [-0.39, 0.29) is 11.5 Å². The molecule has 2 unspecified atom stereocenters. The largest absolute Gasteiger partial charge is 0.479 e. The number of aliphatic carboxylic acids is 1. The Balaban J connectivity index is 1.74. The van der Waals surface area contributed by atoms with Crippen LogP contribution in [0.5, 0.6) is 0 Å². The van der Waals surface area contributed by atoms with Gasteiger partial charge in [0.2, 0.25) is 0 Å². The van der Waals surface area contributed by atoms with Gasteiger partial charge < -0.3 is 15.2 Å². The van der Waals surface area contributed by atoms with Gasteiger partial charge in [0, 0.05) is 23.4 Å². The monoisotopic (exact) mass is 283 g/mol. The lowest BCUT2D eigenvalue weighted by Crippen LogP contribution is -2.37. The number of rotatable bonds is 6. The van der Waals surface area contributed by atoms with E-state index in [9.17, 15) is 4.79 Å². The van der Waals surface area contributed by atoms with Gasteiger partial charge in [0.15, 0.2) is 6.10 Å². The molecule has 0 saturated carbocycles. The normalized spacial score (nSPS) is 23.7. The van der Waals surface area contributed by atoms with E-state index in [0.717, 1.165) is 19.5 Å². The third-order valence-electron chi connectivity index (χ3n) is 3.51. The molecule has 1 saturated heterocycles. The molecule has 1 fully saturated rings. The smallest absolute Gasteiger partial charge is 0.332 e. The number of hydrogen-bond donors (Lipinski definition) is 2. The highest BCUT2D eigenvalue weighted by Crippen LogP contribution is 2.27. The van der Waals surface area contributed by atoms with Crippen molar-refractivity contribution in [1.82, 2.24) is 5.32 Å². The van der Waals surface area contributed by atoms with Crippen molar-refractivity contribution in [3.8, 4) is 0 Å². The number of carboxylic acid groups (broad SMARTS) is 1. The van der Waals surface area contributed by atoms with Gasteiger partial charge in [-0.3, -0.25) is 0 Å². The molecule has 2 atom stereocenters. The van der Waals surface area contributed by atoms with Crippen LogP contribution in [-0.4, -0.2) is 36.4 Å². The van der Waals surface area contributed by atoms with Crippen LogP contribution in [-0.2, 0) is 14.9 Å². The van der Waals surface area contributed by atoms with E-state index in [1.54, 1.807) is 11.3 Å². The average molecular weight is 283 g/mol. The van der Waals surface area contributed by atoms with Crippen molar-refractivity contribution in [2.75, 3.05) is 13.1 Å². The summed E-state index contributed by atoms with van der Waals surface area (Å²) >= 11 is 1.77. The molecular weight excluding hydrogens is 262 g/mol. The van der Waals surface area contributed by atoms with Crippen molar-refractivity contribution in [3.05, 3.63) is 22.4 Å². The van der Waals surface area contributed by atoms with E-state index >= 15 is 0 Å². The van der Waals surface area contributed by atoms with Crippen LogP contribution < -0.4 is 5.32 Å². The minimum Gasteiger partial charge on any atom is -0.479 e. The molecule has 1 aromatic rings. The molecule has 2 N–H and O–H groups in total.